The van der Waals surface area contributed by atoms with Crippen molar-refractivity contribution >= 4 is 5.96 Å². The summed E-state index contributed by atoms with van der Waals surface area (Å²) in [4.78, 5) is 4.71. The Bertz CT molecular complexity index is 505. The number of benzene rings is 1. The molecule has 0 aliphatic heterocycles. The molecule has 0 aromatic heterocycles. The molecule has 1 aromatic carbocycles. The maximum Gasteiger partial charge on any atom is 0.191 e. The van der Waals surface area contributed by atoms with Gasteiger partial charge in [0, 0.05) is 18.2 Å². The van der Waals surface area contributed by atoms with E-state index in [9.17, 15) is 0 Å². The molecule has 0 spiro atoms. The van der Waals surface area contributed by atoms with Crippen molar-refractivity contribution in [1.29, 1.82) is 0 Å². The number of hydrogen-bond donors (Lipinski definition) is 2. The van der Waals surface area contributed by atoms with Gasteiger partial charge >= 0.3 is 0 Å². The molecule has 0 radical (unpaired) electrons. The summed E-state index contributed by atoms with van der Waals surface area (Å²) in [5, 5.41) is 6.77. The van der Waals surface area contributed by atoms with E-state index in [0.717, 1.165) is 18.3 Å². The molecule has 2 N–H and O–H groups in total. The summed E-state index contributed by atoms with van der Waals surface area (Å²) in [5.41, 5.74) is 1.17. The average Bonchev–Trinajstić information content (AvgIpc) is 3.20. The lowest BCUT2D eigenvalue weighted by molar-refractivity contribution is 0.208. The summed E-state index contributed by atoms with van der Waals surface area (Å²) in [7, 11) is 0. The van der Waals surface area contributed by atoms with Crippen LogP contribution in [0.1, 0.15) is 51.0 Å². The van der Waals surface area contributed by atoms with Gasteiger partial charge in [-0.2, -0.15) is 0 Å². The van der Waals surface area contributed by atoms with Crippen molar-refractivity contribution in [3.05, 3.63) is 29.8 Å². The molecule has 1 aromatic rings. The molecular formula is C18H27N3O. The first-order valence-electron chi connectivity index (χ1n) is 8.64. The van der Waals surface area contributed by atoms with Gasteiger partial charge < -0.3 is 15.4 Å². The third kappa shape index (κ3) is 4.39. The smallest absolute Gasteiger partial charge is 0.191 e. The fourth-order valence-corrected chi connectivity index (χ4v) is 2.84. The minimum absolute atomic E-state index is 0.392. The summed E-state index contributed by atoms with van der Waals surface area (Å²) in [6, 6.07) is 8.92. The van der Waals surface area contributed by atoms with E-state index in [-0.39, 0.29) is 0 Å². The number of rotatable bonds is 6. The molecule has 2 aliphatic rings. The minimum Gasteiger partial charge on any atom is -0.490 e. The Morgan fingerprint density at radius 1 is 1.18 bits per heavy atom. The van der Waals surface area contributed by atoms with Crippen LogP contribution in [-0.4, -0.2) is 24.7 Å². The molecular weight excluding hydrogens is 274 g/mol. The molecule has 2 fully saturated rings. The molecule has 0 unspecified atom stereocenters. The number of hydrogen-bond acceptors (Lipinski definition) is 2. The summed E-state index contributed by atoms with van der Waals surface area (Å²) in [6.07, 6.45) is 7.86. The van der Waals surface area contributed by atoms with Gasteiger partial charge in [0.25, 0.3) is 0 Å². The Labute approximate surface area is 133 Å². The van der Waals surface area contributed by atoms with Crippen LogP contribution in [0, 0.1) is 0 Å². The van der Waals surface area contributed by atoms with Crippen molar-refractivity contribution in [2.45, 2.75) is 64.1 Å². The Morgan fingerprint density at radius 3 is 2.68 bits per heavy atom. The van der Waals surface area contributed by atoms with Crippen LogP contribution in [0.5, 0.6) is 5.75 Å². The summed E-state index contributed by atoms with van der Waals surface area (Å²) < 4.78 is 6.18. The van der Waals surface area contributed by atoms with Crippen molar-refractivity contribution in [3.8, 4) is 5.75 Å². The van der Waals surface area contributed by atoms with Crippen LogP contribution in [0.3, 0.4) is 0 Å². The predicted molar refractivity (Wildman–Crippen MR) is 90.3 cm³/mol. The zero-order valence-corrected chi connectivity index (χ0v) is 13.5. The van der Waals surface area contributed by atoms with Gasteiger partial charge in [-0.1, -0.05) is 18.2 Å². The molecule has 0 amide bonds. The van der Waals surface area contributed by atoms with E-state index in [4.69, 9.17) is 9.73 Å². The highest BCUT2D eigenvalue weighted by molar-refractivity contribution is 5.80. The highest BCUT2D eigenvalue weighted by atomic mass is 16.5. The van der Waals surface area contributed by atoms with Crippen molar-refractivity contribution in [1.82, 2.24) is 10.6 Å². The zero-order valence-electron chi connectivity index (χ0n) is 13.5. The summed E-state index contributed by atoms with van der Waals surface area (Å²) in [6.45, 7) is 3.64. The number of nitrogens with zero attached hydrogens (tertiary/aromatic N) is 1. The fraction of sp³-hybridized carbons (Fsp3) is 0.611. The second-order valence-corrected chi connectivity index (χ2v) is 6.25. The Hall–Kier alpha value is -1.71. The second-order valence-electron chi connectivity index (χ2n) is 6.25. The fourth-order valence-electron chi connectivity index (χ4n) is 2.84. The average molecular weight is 301 g/mol. The zero-order chi connectivity index (χ0) is 15.2. The van der Waals surface area contributed by atoms with Gasteiger partial charge in [0.2, 0.25) is 0 Å². The lowest BCUT2D eigenvalue weighted by Crippen LogP contribution is -2.38. The Balaban J connectivity index is 1.64. The molecule has 3 rings (SSSR count). The second kappa shape index (κ2) is 7.52. The molecule has 22 heavy (non-hydrogen) atoms. The highest BCUT2D eigenvalue weighted by Crippen LogP contribution is 2.27. The molecule has 120 valence electrons. The monoisotopic (exact) mass is 301 g/mol. The van der Waals surface area contributed by atoms with Gasteiger partial charge in [0.1, 0.15) is 5.75 Å². The summed E-state index contributed by atoms with van der Waals surface area (Å²) >= 11 is 0. The first-order chi connectivity index (χ1) is 10.8. The molecule has 0 saturated heterocycles. The van der Waals surface area contributed by atoms with Crippen LogP contribution in [0.4, 0.5) is 0 Å². The van der Waals surface area contributed by atoms with Crippen molar-refractivity contribution in [2.24, 2.45) is 4.99 Å². The van der Waals surface area contributed by atoms with E-state index >= 15 is 0 Å². The third-order valence-electron chi connectivity index (χ3n) is 4.24. The predicted octanol–water partition coefficient (Wildman–Crippen LogP) is 3.23. The van der Waals surface area contributed by atoms with E-state index in [1.807, 2.05) is 6.07 Å². The minimum atomic E-state index is 0.392. The van der Waals surface area contributed by atoms with E-state index < -0.39 is 0 Å². The quantitative estimate of drug-likeness (QED) is 0.626. The van der Waals surface area contributed by atoms with Crippen LogP contribution in [-0.2, 0) is 6.54 Å². The lowest BCUT2D eigenvalue weighted by Gasteiger charge is -2.16. The normalized spacial score (nSPS) is 19.2. The standard InChI is InChI=1S/C18H27N3O/c1-2-19-18(21-15-11-12-15)20-13-14-7-3-6-10-17(14)22-16-8-4-5-9-16/h3,6-7,10,15-16H,2,4-5,8-9,11-13H2,1H3,(H2,19,20,21). The van der Waals surface area contributed by atoms with Crippen LogP contribution in [0.25, 0.3) is 0 Å². The molecule has 0 heterocycles. The van der Waals surface area contributed by atoms with Crippen molar-refractivity contribution in [3.63, 3.8) is 0 Å². The maximum atomic E-state index is 6.18. The number of guanidine groups is 1. The van der Waals surface area contributed by atoms with Gasteiger partial charge in [-0.25, -0.2) is 4.99 Å². The molecule has 2 aliphatic carbocycles. The van der Waals surface area contributed by atoms with Gasteiger partial charge in [0.05, 0.1) is 12.6 Å². The number of para-hydroxylation sites is 1. The maximum absolute atomic E-state index is 6.18. The van der Waals surface area contributed by atoms with Crippen molar-refractivity contribution < 1.29 is 4.74 Å². The molecule has 4 nitrogen and oxygen atoms in total. The van der Waals surface area contributed by atoms with E-state index in [1.54, 1.807) is 0 Å². The molecule has 4 heteroatoms. The van der Waals surface area contributed by atoms with Crippen molar-refractivity contribution in [2.75, 3.05) is 6.54 Å². The molecule has 0 bridgehead atoms. The topological polar surface area (TPSA) is 45.7 Å². The van der Waals surface area contributed by atoms with E-state index in [0.29, 0.717) is 18.7 Å². The first-order valence-corrected chi connectivity index (χ1v) is 8.64. The lowest BCUT2D eigenvalue weighted by atomic mass is 10.2. The highest BCUT2D eigenvalue weighted by Gasteiger charge is 2.22. The summed E-state index contributed by atoms with van der Waals surface area (Å²) in [5.74, 6) is 1.92. The largest absolute Gasteiger partial charge is 0.490 e. The number of nitrogens with one attached hydrogen (secondary N) is 2. The van der Waals surface area contributed by atoms with Gasteiger partial charge in [-0.05, 0) is 51.5 Å². The van der Waals surface area contributed by atoms with Crippen LogP contribution < -0.4 is 15.4 Å². The van der Waals surface area contributed by atoms with Crippen LogP contribution >= 0.6 is 0 Å². The first kappa shape index (κ1) is 15.2. The molecule has 2 saturated carbocycles. The third-order valence-corrected chi connectivity index (χ3v) is 4.24. The van der Waals surface area contributed by atoms with E-state index in [2.05, 4.69) is 35.8 Å². The van der Waals surface area contributed by atoms with Gasteiger partial charge in [-0.3, -0.25) is 0 Å². The SMILES string of the molecule is CCNC(=NCc1ccccc1OC1CCCC1)NC1CC1. The Kier molecular flexibility index (Phi) is 5.20. The number of aliphatic imine (C=N–C) groups is 1. The Morgan fingerprint density at radius 2 is 1.95 bits per heavy atom. The van der Waals surface area contributed by atoms with Gasteiger partial charge in [0.15, 0.2) is 5.96 Å². The van der Waals surface area contributed by atoms with E-state index in [1.165, 1.54) is 44.1 Å². The number of ether oxygens (including phenoxy) is 1. The van der Waals surface area contributed by atoms with Crippen LogP contribution in [0.2, 0.25) is 0 Å². The van der Waals surface area contributed by atoms with Crippen LogP contribution in [0.15, 0.2) is 29.3 Å². The van der Waals surface area contributed by atoms with Gasteiger partial charge in [-0.15, -0.1) is 0 Å². The molecule has 0 atom stereocenters.